The SMILES string of the molecule is C=C1CC[C@@H]2[C@](C)(CCC[C@]2(C)C(=O)O)[C@H]1C[C@@H]1C(C)=CCS1(=O)=O. The third-order valence-electron chi connectivity index (χ3n) is 7.54. The molecule has 2 fully saturated rings. The van der Waals surface area contributed by atoms with Gasteiger partial charge in [-0.1, -0.05) is 37.1 Å². The molecule has 3 rings (SSSR count). The lowest BCUT2D eigenvalue weighted by Gasteiger charge is -2.57. The molecule has 0 aromatic heterocycles. The van der Waals surface area contributed by atoms with Gasteiger partial charge in [0.05, 0.1) is 16.4 Å². The number of aliphatic carboxylic acids is 1. The first-order valence-electron chi connectivity index (χ1n) is 9.31. The number of fused-ring (bicyclic) bond motifs is 1. The molecular weight excluding hydrogens is 336 g/mol. The first-order valence-corrected chi connectivity index (χ1v) is 11.0. The lowest BCUT2D eigenvalue weighted by atomic mass is 9.46. The summed E-state index contributed by atoms with van der Waals surface area (Å²) in [7, 11) is -3.12. The molecule has 4 nitrogen and oxygen atoms in total. The van der Waals surface area contributed by atoms with Gasteiger partial charge in [0, 0.05) is 0 Å². The van der Waals surface area contributed by atoms with Gasteiger partial charge in [-0.25, -0.2) is 8.42 Å². The van der Waals surface area contributed by atoms with Gasteiger partial charge < -0.3 is 5.11 Å². The number of hydrogen-bond acceptors (Lipinski definition) is 3. The Morgan fingerprint density at radius 1 is 1.36 bits per heavy atom. The van der Waals surface area contributed by atoms with E-state index in [4.69, 9.17) is 0 Å². The van der Waals surface area contributed by atoms with Crippen molar-refractivity contribution in [3.63, 3.8) is 0 Å². The van der Waals surface area contributed by atoms with E-state index in [1.54, 1.807) is 0 Å². The molecule has 2 saturated carbocycles. The first-order chi connectivity index (χ1) is 11.5. The predicted octanol–water partition coefficient (Wildman–Crippen LogP) is 3.98. The van der Waals surface area contributed by atoms with Crippen LogP contribution in [0.3, 0.4) is 0 Å². The van der Waals surface area contributed by atoms with Crippen LogP contribution in [0.1, 0.15) is 59.3 Å². The molecule has 0 saturated heterocycles. The molecule has 2 aliphatic carbocycles. The summed E-state index contributed by atoms with van der Waals surface area (Å²) >= 11 is 0. The predicted molar refractivity (Wildman–Crippen MR) is 99.0 cm³/mol. The summed E-state index contributed by atoms with van der Waals surface area (Å²) < 4.78 is 25.0. The maximum atomic E-state index is 12.5. The summed E-state index contributed by atoms with van der Waals surface area (Å²) in [4.78, 5) is 12.0. The zero-order chi connectivity index (χ0) is 18.6. The second kappa shape index (κ2) is 5.97. The van der Waals surface area contributed by atoms with Crippen LogP contribution in [-0.4, -0.2) is 30.5 Å². The van der Waals surface area contributed by atoms with Crippen molar-refractivity contribution in [3.8, 4) is 0 Å². The zero-order valence-electron chi connectivity index (χ0n) is 15.5. The van der Waals surface area contributed by atoms with Crippen LogP contribution in [-0.2, 0) is 14.6 Å². The average molecular weight is 367 g/mol. The van der Waals surface area contributed by atoms with Crippen LogP contribution in [0.15, 0.2) is 23.8 Å². The van der Waals surface area contributed by atoms with E-state index in [1.807, 2.05) is 19.9 Å². The van der Waals surface area contributed by atoms with Crippen molar-refractivity contribution in [1.82, 2.24) is 0 Å². The molecule has 140 valence electrons. The molecule has 0 aromatic rings. The fourth-order valence-corrected chi connectivity index (χ4v) is 7.84. The third kappa shape index (κ3) is 2.79. The normalized spacial score (nSPS) is 43.4. The van der Waals surface area contributed by atoms with E-state index in [1.165, 1.54) is 0 Å². The summed E-state index contributed by atoms with van der Waals surface area (Å²) in [6.07, 6.45) is 6.60. The highest BCUT2D eigenvalue weighted by molar-refractivity contribution is 7.92. The Morgan fingerprint density at radius 3 is 2.60 bits per heavy atom. The van der Waals surface area contributed by atoms with Gasteiger partial charge in [0.1, 0.15) is 0 Å². The quantitative estimate of drug-likeness (QED) is 0.767. The molecule has 1 N–H and O–H groups in total. The van der Waals surface area contributed by atoms with Crippen LogP contribution < -0.4 is 0 Å². The third-order valence-corrected chi connectivity index (χ3v) is 9.60. The van der Waals surface area contributed by atoms with Crippen LogP contribution in [0.5, 0.6) is 0 Å². The summed E-state index contributed by atoms with van der Waals surface area (Å²) in [5.74, 6) is -0.420. The average Bonchev–Trinajstić information content (AvgIpc) is 2.76. The van der Waals surface area contributed by atoms with E-state index >= 15 is 0 Å². The van der Waals surface area contributed by atoms with Crippen LogP contribution in [0.25, 0.3) is 0 Å². The Hall–Kier alpha value is -1.10. The molecule has 0 aromatic carbocycles. The van der Waals surface area contributed by atoms with Crippen LogP contribution in [0.4, 0.5) is 0 Å². The smallest absolute Gasteiger partial charge is 0.309 e. The summed E-state index contributed by atoms with van der Waals surface area (Å²) in [6.45, 7) is 10.3. The second-order valence-corrected chi connectivity index (χ2v) is 11.1. The minimum Gasteiger partial charge on any atom is -0.481 e. The van der Waals surface area contributed by atoms with Crippen LogP contribution in [0, 0.1) is 22.7 Å². The van der Waals surface area contributed by atoms with E-state index < -0.39 is 26.5 Å². The molecule has 5 heteroatoms. The highest BCUT2D eigenvalue weighted by atomic mass is 32.2. The van der Waals surface area contributed by atoms with E-state index in [2.05, 4.69) is 13.5 Å². The minimum absolute atomic E-state index is 0.0754. The van der Waals surface area contributed by atoms with Crippen molar-refractivity contribution < 1.29 is 18.3 Å². The van der Waals surface area contributed by atoms with Crippen LogP contribution in [0.2, 0.25) is 0 Å². The maximum Gasteiger partial charge on any atom is 0.309 e. The van der Waals surface area contributed by atoms with Crippen molar-refractivity contribution in [2.45, 2.75) is 64.5 Å². The Balaban J connectivity index is 1.97. The molecular formula is C20H30O4S. The number of carboxylic acid groups (broad SMARTS) is 1. The maximum absolute atomic E-state index is 12.5. The number of sulfone groups is 1. The molecule has 0 bridgehead atoms. The highest BCUT2D eigenvalue weighted by Gasteiger charge is 2.58. The number of carbonyl (C=O) groups is 1. The van der Waals surface area contributed by atoms with Gasteiger partial charge in [-0.3, -0.25) is 4.79 Å². The fourth-order valence-electron chi connectivity index (χ4n) is 5.97. The first kappa shape index (κ1) is 18.7. The summed E-state index contributed by atoms with van der Waals surface area (Å²) in [5, 5.41) is 9.46. The molecule has 0 spiro atoms. The van der Waals surface area contributed by atoms with E-state index in [9.17, 15) is 18.3 Å². The molecule has 1 aliphatic heterocycles. The molecule has 0 amide bonds. The Bertz CT molecular complexity index is 735. The van der Waals surface area contributed by atoms with Gasteiger partial charge in [0.2, 0.25) is 0 Å². The standard InChI is InChI=1S/C20H30O4S/c1-13-6-7-17-19(3,9-5-10-20(17,4)18(21)22)15(13)12-16-14(2)8-11-25(16,23)24/h8,15-17H,1,5-7,9-12H2,2-4H3,(H,21,22)/t15-,16+,17+,19+,20-/m0/s1. The lowest BCUT2D eigenvalue weighted by molar-refractivity contribution is -0.164. The molecule has 25 heavy (non-hydrogen) atoms. The molecule has 0 unspecified atom stereocenters. The van der Waals surface area contributed by atoms with Crippen molar-refractivity contribution >= 4 is 15.8 Å². The summed E-state index contributed by atoms with van der Waals surface area (Å²) in [6, 6.07) is 0. The number of carboxylic acids is 1. The van der Waals surface area contributed by atoms with Gasteiger partial charge in [0.15, 0.2) is 9.84 Å². The van der Waals surface area contributed by atoms with Gasteiger partial charge in [-0.05, 0) is 63.2 Å². The van der Waals surface area contributed by atoms with E-state index in [0.717, 1.165) is 36.8 Å². The topological polar surface area (TPSA) is 71.4 Å². The van der Waals surface area contributed by atoms with Gasteiger partial charge in [0.25, 0.3) is 0 Å². The Labute approximate surface area is 151 Å². The molecule has 3 aliphatic rings. The van der Waals surface area contributed by atoms with Crippen molar-refractivity contribution in [2.75, 3.05) is 5.75 Å². The van der Waals surface area contributed by atoms with Crippen molar-refractivity contribution in [1.29, 1.82) is 0 Å². The second-order valence-electron chi connectivity index (χ2n) is 8.89. The number of allylic oxidation sites excluding steroid dienone is 1. The molecule has 0 radical (unpaired) electrons. The van der Waals surface area contributed by atoms with Crippen molar-refractivity contribution in [3.05, 3.63) is 23.8 Å². The fraction of sp³-hybridized carbons (Fsp3) is 0.750. The largest absolute Gasteiger partial charge is 0.481 e. The van der Waals surface area contributed by atoms with Gasteiger partial charge in [-0.2, -0.15) is 0 Å². The number of rotatable bonds is 3. The van der Waals surface area contributed by atoms with E-state index in [0.29, 0.717) is 12.8 Å². The molecule has 5 atom stereocenters. The van der Waals surface area contributed by atoms with Gasteiger partial charge >= 0.3 is 5.97 Å². The van der Waals surface area contributed by atoms with Crippen LogP contribution >= 0.6 is 0 Å². The lowest BCUT2D eigenvalue weighted by Crippen LogP contribution is -2.54. The highest BCUT2D eigenvalue weighted by Crippen LogP contribution is 2.62. The Morgan fingerprint density at radius 2 is 2.04 bits per heavy atom. The van der Waals surface area contributed by atoms with Gasteiger partial charge in [-0.15, -0.1) is 0 Å². The zero-order valence-corrected chi connectivity index (χ0v) is 16.4. The van der Waals surface area contributed by atoms with E-state index in [-0.39, 0.29) is 23.0 Å². The minimum atomic E-state index is -3.12. The summed E-state index contributed by atoms with van der Waals surface area (Å²) in [5.41, 5.74) is 1.16. The molecule has 1 heterocycles. The number of hydrogen-bond donors (Lipinski definition) is 1. The Kier molecular flexibility index (Phi) is 4.46. The van der Waals surface area contributed by atoms with Crippen molar-refractivity contribution in [2.24, 2.45) is 22.7 Å². The monoisotopic (exact) mass is 366 g/mol.